The van der Waals surface area contributed by atoms with Crippen LogP contribution >= 0.6 is 0 Å². The van der Waals surface area contributed by atoms with Gasteiger partial charge < -0.3 is 9.64 Å². The standard InChI is InChI=1S/C22H25N3O3/c1-13(2)14(3)15(4)25-16(5)19-11-24(12-20(19)23-25)21(26)17-9-7-8-10-18(17)22(27)28-6/h7-10H,1,11-12H2,2-6H3/b15-14-. The van der Waals surface area contributed by atoms with E-state index in [0.717, 1.165) is 33.8 Å². The highest BCUT2D eigenvalue weighted by atomic mass is 16.5. The minimum absolute atomic E-state index is 0.199. The van der Waals surface area contributed by atoms with Gasteiger partial charge in [0.15, 0.2) is 0 Å². The number of benzene rings is 1. The number of esters is 1. The quantitative estimate of drug-likeness (QED) is 0.596. The van der Waals surface area contributed by atoms with Crippen LogP contribution in [0.4, 0.5) is 0 Å². The summed E-state index contributed by atoms with van der Waals surface area (Å²) in [5.74, 6) is -0.714. The molecule has 6 nitrogen and oxygen atoms in total. The van der Waals surface area contributed by atoms with Crippen molar-refractivity contribution in [1.82, 2.24) is 14.7 Å². The van der Waals surface area contributed by atoms with Crippen molar-refractivity contribution in [3.63, 3.8) is 0 Å². The monoisotopic (exact) mass is 379 g/mol. The van der Waals surface area contributed by atoms with E-state index in [1.54, 1.807) is 29.2 Å². The van der Waals surface area contributed by atoms with Crippen molar-refractivity contribution in [2.75, 3.05) is 7.11 Å². The van der Waals surface area contributed by atoms with E-state index in [-0.39, 0.29) is 11.5 Å². The first-order chi connectivity index (χ1) is 13.3. The van der Waals surface area contributed by atoms with E-state index in [9.17, 15) is 9.59 Å². The van der Waals surface area contributed by atoms with Gasteiger partial charge in [-0.15, -0.1) is 0 Å². The van der Waals surface area contributed by atoms with Gasteiger partial charge in [-0.3, -0.25) is 4.79 Å². The average molecular weight is 379 g/mol. The zero-order valence-electron chi connectivity index (χ0n) is 17.0. The van der Waals surface area contributed by atoms with Crippen molar-refractivity contribution in [2.45, 2.75) is 40.8 Å². The Balaban J connectivity index is 1.89. The summed E-state index contributed by atoms with van der Waals surface area (Å²) in [7, 11) is 1.31. The van der Waals surface area contributed by atoms with E-state index in [0.29, 0.717) is 18.7 Å². The Bertz CT molecular complexity index is 1010. The molecule has 146 valence electrons. The summed E-state index contributed by atoms with van der Waals surface area (Å²) in [5.41, 5.74) is 6.72. The van der Waals surface area contributed by atoms with E-state index >= 15 is 0 Å². The smallest absolute Gasteiger partial charge is 0.338 e. The molecule has 0 radical (unpaired) electrons. The number of methoxy groups -OCH3 is 1. The van der Waals surface area contributed by atoms with Crippen molar-refractivity contribution in [3.8, 4) is 0 Å². The van der Waals surface area contributed by atoms with Gasteiger partial charge in [-0.1, -0.05) is 24.3 Å². The number of carbonyl (C=O) groups is 2. The van der Waals surface area contributed by atoms with Crippen LogP contribution in [0.1, 0.15) is 58.4 Å². The summed E-state index contributed by atoms with van der Waals surface area (Å²) in [5, 5.41) is 4.73. The molecule has 2 aromatic rings. The van der Waals surface area contributed by atoms with Crippen molar-refractivity contribution >= 4 is 17.6 Å². The highest BCUT2D eigenvalue weighted by Gasteiger charge is 2.31. The third kappa shape index (κ3) is 3.26. The fourth-order valence-corrected chi connectivity index (χ4v) is 3.42. The number of aromatic nitrogens is 2. The Kier molecular flexibility index (Phi) is 5.23. The second-order valence-corrected chi connectivity index (χ2v) is 7.11. The number of fused-ring (bicyclic) bond motifs is 1. The van der Waals surface area contributed by atoms with Crippen LogP contribution in [0.5, 0.6) is 0 Å². The highest BCUT2D eigenvalue weighted by Crippen LogP contribution is 2.29. The van der Waals surface area contributed by atoms with Crippen molar-refractivity contribution in [2.24, 2.45) is 0 Å². The Morgan fingerprint density at radius 1 is 1.11 bits per heavy atom. The number of rotatable bonds is 4. The fraction of sp³-hybridized carbons (Fsp3) is 0.318. The number of ether oxygens (including phenoxy) is 1. The molecule has 2 heterocycles. The molecule has 0 saturated carbocycles. The third-order valence-electron chi connectivity index (χ3n) is 5.36. The molecule has 1 aliphatic heterocycles. The van der Waals surface area contributed by atoms with Gasteiger partial charge in [0.2, 0.25) is 0 Å². The summed E-state index contributed by atoms with van der Waals surface area (Å²) in [6.07, 6.45) is 0. The van der Waals surface area contributed by atoms with E-state index in [1.165, 1.54) is 7.11 Å². The van der Waals surface area contributed by atoms with Gasteiger partial charge in [-0.25, -0.2) is 9.48 Å². The van der Waals surface area contributed by atoms with Crippen LogP contribution < -0.4 is 0 Å². The fourth-order valence-electron chi connectivity index (χ4n) is 3.42. The summed E-state index contributed by atoms with van der Waals surface area (Å²) in [6.45, 7) is 12.9. The maximum Gasteiger partial charge on any atom is 0.338 e. The largest absolute Gasteiger partial charge is 0.465 e. The van der Waals surface area contributed by atoms with Gasteiger partial charge >= 0.3 is 5.97 Å². The maximum atomic E-state index is 13.0. The lowest BCUT2D eigenvalue weighted by molar-refractivity contribution is 0.0589. The minimum Gasteiger partial charge on any atom is -0.465 e. The van der Waals surface area contributed by atoms with E-state index in [2.05, 4.69) is 6.58 Å². The number of carbonyl (C=O) groups excluding carboxylic acids is 2. The molecule has 28 heavy (non-hydrogen) atoms. The number of amides is 1. The van der Waals surface area contributed by atoms with Crippen molar-refractivity contribution in [1.29, 1.82) is 0 Å². The van der Waals surface area contributed by atoms with E-state index in [1.807, 2.05) is 32.4 Å². The van der Waals surface area contributed by atoms with E-state index < -0.39 is 5.97 Å². The van der Waals surface area contributed by atoms with Crippen LogP contribution in [-0.4, -0.2) is 33.7 Å². The molecule has 0 unspecified atom stereocenters. The SMILES string of the molecule is C=C(C)/C(C)=C(/C)n1nc2c(c1C)CN(C(=O)c1ccccc1C(=O)OC)C2. The lowest BCUT2D eigenvalue weighted by Crippen LogP contribution is -2.28. The molecule has 0 aliphatic carbocycles. The molecule has 0 atom stereocenters. The number of hydrogen-bond donors (Lipinski definition) is 0. The van der Waals surface area contributed by atoms with Gasteiger partial charge in [0, 0.05) is 17.0 Å². The van der Waals surface area contributed by atoms with Crippen LogP contribution in [0.25, 0.3) is 5.70 Å². The first-order valence-corrected chi connectivity index (χ1v) is 9.14. The molecule has 0 spiro atoms. The molecule has 1 aliphatic rings. The predicted octanol–water partition coefficient (Wildman–Crippen LogP) is 3.96. The molecular weight excluding hydrogens is 354 g/mol. The van der Waals surface area contributed by atoms with Gasteiger partial charge in [0.1, 0.15) is 0 Å². The molecule has 1 aromatic heterocycles. The first kappa shape index (κ1) is 19.6. The van der Waals surface area contributed by atoms with Crippen LogP contribution in [0, 0.1) is 6.92 Å². The Hall–Kier alpha value is -3.15. The Morgan fingerprint density at radius 2 is 1.75 bits per heavy atom. The molecule has 0 saturated heterocycles. The molecule has 1 amide bonds. The Morgan fingerprint density at radius 3 is 2.32 bits per heavy atom. The van der Waals surface area contributed by atoms with Crippen LogP contribution in [-0.2, 0) is 17.8 Å². The van der Waals surface area contributed by atoms with Crippen LogP contribution in [0.2, 0.25) is 0 Å². The molecule has 1 aromatic carbocycles. The summed E-state index contributed by atoms with van der Waals surface area (Å²) >= 11 is 0. The van der Waals surface area contributed by atoms with Gasteiger partial charge in [-0.2, -0.15) is 5.10 Å². The molecule has 0 fully saturated rings. The van der Waals surface area contributed by atoms with Gasteiger partial charge in [0.25, 0.3) is 5.91 Å². The molecule has 0 N–H and O–H groups in total. The average Bonchev–Trinajstić information content (AvgIpc) is 3.25. The number of nitrogens with zero attached hydrogens (tertiary/aromatic N) is 3. The second-order valence-electron chi connectivity index (χ2n) is 7.11. The van der Waals surface area contributed by atoms with Gasteiger partial charge in [0.05, 0.1) is 37.0 Å². The lowest BCUT2D eigenvalue weighted by atomic mass is 10.1. The predicted molar refractivity (Wildman–Crippen MR) is 108 cm³/mol. The summed E-state index contributed by atoms with van der Waals surface area (Å²) < 4.78 is 6.73. The Labute approximate surface area is 165 Å². The number of allylic oxidation sites excluding steroid dienone is 3. The second kappa shape index (κ2) is 7.46. The first-order valence-electron chi connectivity index (χ1n) is 9.14. The minimum atomic E-state index is -0.515. The van der Waals surface area contributed by atoms with Gasteiger partial charge in [-0.05, 0) is 45.4 Å². The van der Waals surface area contributed by atoms with Crippen molar-refractivity contribution in [3.05, 3.63) is 70.1 Å². The highest BCUT2D eigenvalue weighted by molar-refractivity contribution is 6.05. The normalized spacial score (nSPS) is 13.8. The molecule has 6 heteroatoms. The molecule has 0 bridgehead atoms. The molecular formula is C22H25N3O3. The zero-order chi connectivity index (χ0) is 20.6. The summed E-state index contributed by atoms with van der Waals surface area (Å²) in [6, 6.07) is 6.72. The third-order valence-corrected chi connectivity index (χ3v) is 5.36. The lowest BCUT2D eigenvalue weighted by Gasteiger charge is -2.18. The molecule has 3 rings (SSSR count). The van der Waals surface area contributed by atoms with E-state index in [4.69, 9.17) is 9.84 Å². The zero-order valence-corrected chi connectivity index (χ0v) is 17.0. The number of hydrogen-bond acceptors (Lipinski definition) is 4. The maximum absolute atomic E-state index is 13.0. The van der Waals surface area contributed by atoms with Crippen LogP contribution in [0.15, 0.2) is 42.0 Å². The summed E-state index contributed by atoms with van der Waals surface area (Å²) in [4.78, 5) is 26.7. The van der Waals surface area contributed by atoms with Crippen LogP contribution in [0.3, 0.4) is 0 Å². The topological polar surface area (TPSA) is 64.4 Å². The van der Waals surface area contributed by atoms with Crippen molar-refractivity contribution < 1.29 is 14.3 Å².